The van der Waals surface area contributed by atoms with E-state index in [1.807, 2.05) is 43.9 Å². The number of halogens is 1. The quantitative estimate of drug-likeness (QED) is 0.522. The standard InChI is InChI=1S/C24H37ClN2O3S/c1-24(2,3)30-23(28)26-15-11-19(12-16-26)7-6-8-20-13-17-27(18-14-20)31(29)22-10-5-4-9-21(22)25/h4-5,9-10,19-20H,6-8,11-18H2,1-3H3. The minimum absolute atomic E-state index is 0.174. The fourth-order valence-corrected chi connectivity index (χ4v) is 6.10. The molecule has 5 nitrogen and oxygen atoms in total. The van der Waals surface area contributed by atoms with Crippen LogP contribution in [0.4, 0.5) is 4.79 Å². The average molecular weight is 469 g/mol. The van der Waals surface area contributed by atoms with Crippen LogP contribution in [-0.4, -0.2) is 51.3 Å². The van der Waals surface area contributed by atoms with Crippen LogP contribution in [0.1, 0.15) is 65.7 Å². The summed E-state index contributed by atoms with van der Waals surface area (Å²) < 4.78 is 20.4. The summed E-state index contributed by atoms with van der Waals surface area (Å²) in [7, 11) is -1.16. The molecule has 2 aliphatic rings. The Morgan fingerprint density at radius 2 is 1.58 bits per heavy atom. The molecule has 2 aliphatic heterocycles. The van der Waals surface area contributed by atoms with Crippen molar-refractivity contribution in [1.82, 2.24) is 9.21 Å². The van der Waals surface area contributed by atoms with Gasteiger partial charge < -0.3 is 9.64 Å². The van der Waals surface area contributed by atoms with Crippen molar-refractivity contribution in [3.63, 3.8) is 0 Å². The molecule has 0 aromatic heterocycles. The van der Waals surface area contributed by atoms with E-state index in [1.54, 1.807) is 6.07 Å². The predicted molar refractivity (Wildman–Crippen MR) is 127 cm³/mol. The number of rotatable bonds is 6. The number of carbonyl (C=O) groups excluding carboxylic acids is 1. The zero-order valence-corrected chi connectivity index (χ0v) is 20.7. The number of piperidine rings is 2. The van der Waals surface area contributed by atoms with Crippen LogP contribution in [0.5, 0.6) is 0 Å². The molecule has 0 bridgehead atoms. The normalized spacial score (nSPS) is 20.6. The van der Waals surface area contributed by atoms with Crippen molar-refractivity contribution < 1.29 is 13.7 Å². The van der Waals surface area contributed by atoms with Gasteiger partial charge in [-0.1, -0.05) is 43.0 Å². The lowest BCUT2D eigenvalue weighted by Crippen LogP contribution is -2.41. The molecule has 1 aromatic carbocycles. The molecule has 2 saturated heterocycles. The van der Waals surface area contributed by atoms with E-state index in [1.165, 1.54) is 19.3 Å². The third kappa shape index (κ3) is 7.47. The minimum atomic E-state index is -1.16. The molecule has 31 heavy (non-hydrogen) atoms. The highest BCUT2D eigenvalue weighted by atomic mass is 35.5. The van der Waals surface area contributed by atoms with Gasteiger partial charge in [0.2, 0.25) is 0 Å². The van der Waals surface area contributed by atoms with Crippen LogP contribution in [0.15, 0.2) is 29.2 Å². The first-order valence-electron chi connectivity index (χ1n) is 11.6. The lowest BCUT2D eigenvalue weighted by Gasteiger charge is -2.34. The summed E-state index contributed by atoms with van der Waals surface area (Å²) in [6.45, 7) is 9.11. The second-order valence-corrected chi connectivity index (χ2v) is 11.8. The molecule has 1 atom stereocenters. The molecule has 3 rings (SSSR count). The molecule has 0 aliphatic carbocycles. The van der Waals surface area contributed by atoms with Gasteiger partial charge in [-0.15, -0.1) is 0 Å². The number of ether oxygens (including phenoxy) is 1. The van der Waals surface area contributed by atoms with Crippen LogP contribution in [0.3, 0.4) is 0 Å². The van der Waals surface area contributed by atoms with Crippen LogP contribution >= 0.6 is 11.6 Å². The van der Waals surface area contributed by atoms with Crippen molar-refractivity contribution >= 4 is 28.7 Å². The predicted octanol–water partition coefficient (Wildman–Crippen LogP) is 5.89. The van der Waals surface area contributed by atoms with Crippen molar-refractivity contribution in [3.8, 4) is 0 Å². The summed E-state index contributed by atoms with van der Waals surface area (Å²) in [6.07, 6.45) is 7.93. The van der Waals surface area contributed by atoms with Gasteiger partial charge in [-0.05, 0) is 70.4 Å². The largest absolute Gasteiger partial charge is 0.444 e. The van der Waals surface area contributed by atoms with E-state index in [2.05, 4.69) is 4.31 Å². The van der Waals surface area contributed by atoms with E-state index < -0.39 is 16.6 Å². The zero-order chi connectivity index (χ0) is 22.4. The van der Waals surface area contributed by atoms with E-state index in [0.717, 1.165) is 62.7 Å². The van der Waals surface area contributed by atoms with E-state index >= 15 is 0 Å². The monoisotopic (exact) mass is 468 g/mol. The van der Waals surface area contributed by atoms with Gasteiger partial charge in [0, 0.05) is 26.2 Å². The summed E-state index contributed by atoms with van der Waals surface area (Å²) in [6, 6.07) is 7.43. The van der Waals surface area contributed by atoms with Crippen LogP contribution in [-0.2, 0) is 15.7 Å². The molecule has 0 N–H and O–H groups in total. The second-order valence-electron chi connectivity index (χ2n) is 9.89. The summed E-state index contributed by atoms with van der Waals surface area (Å²) in [5.74, 6) is 1.44. The van der Waals surface area contributed by atoms with E-state index in [0.29, 0.717) is 10.9 Å². The van der Waals surface area contributed by atoms with Gasteiger partial charge in [-0.25, -0.2) is 13.3 Å². The molecular formula is C24H37ClN2O3S. The summed E-state index contributed by atoms with van der Waals surface area (Å²) in [5.41, 5.74) is -0.427. The van der Waals surface area contributed by atoms with E-state index in [4.69, 9.17) is 16.3 Å². The number of likely N-dealkylation sites (tertiary alicyclic amines) is 1. The molecule has 0 saturated carbocycles. The smallest absolute Gasteiger partial charge is 0.410 e. The lowest BCUT2D eigenvalue weighted by molar-refractivity contribution is 0.0180. The Morgan fingerprint density at radius 1 is 1.03 bits per heavy atom. The Labute approximate surface area is 195 Å². The first kappa shape index (κ1) is 24.5. The topological polar surface area (TPSA) is 49.9 Å². The minimum Gasteiger partial charge on any atom is -0.444 e. The maximum absolute atomic E-state index is 12.8. The van der Waals surface area contributed by atoms with Crippen LogP contribution in [0.25, 0.3) is 0 Å². The fourth-order valence-electron chi connectivity index (χ4n) is 4.52. The van der Waals surface area contributed by atoms with Crippen LogP contribution < -0.4 is 0 Å². The van der Waals surface area contributed by atoms with Gasteiger partial charge in [0.05, 0.1) is 9.92 Å². The zero-order valence-electron chi connectivity index (χ0n) is 19.1. The highest BCUT2D eigenvalue weighted by Crippen LogP contribution is 2.30. The molecule has 1 unspecified atom stereocenters. The van der Waals surface area contributed by atoms with Gasteiger partial charge in [-0.3, -0.25) is 0 Å². The summed E-state index contributed by atoms with van der Waals surface area (Å²) >= 11 is 6.22. The van der Waals surface area contributed by atoms with Crippen LogP contribution in [0, 0.1) is 11.8 Å². The molecular weight excluding hydrogens is 432 g/mol. The first-order chi connectivity index (χ1) is 14.7. The summed E-state index contributed by atoms with van der Waals surface area (Å²) in [4.78, 5) is 14.8. The maximum atomic E-state index is 12.8. The lowest BCUT2D eigenvalue weighted by atomic mass is 9.87. The molecule has 7 heteroatoms. The SMILES string of the molecule is CC(C)(C)OC(=O)N1CCC(CCCC2CCN(S(=O)c3ccccc3Cl)CC2)CC1. The van der Waals surface area contributed by atoms with Crippen molar-refractivity contribution in [1.29, 1.82) is 0 Å². The Hall–Kier alpha value is -1.11. The van der Waals surface area contributed by atoms with Crippen molar-refractivity contribution in [2.45, 2.75) is 76.2 Å². The van der Waals surface area contributed by atoms with Gasteiger partial charge in [0.15, 0.2) is 0 Å². The van der Waals surface area contributed by atoms with Crippen LogP contribution in [0.2, 0.25) is 5.02 Å². The number of hydrogen-bond donors (Lipinski definition) is 0. The number of benzene rings is 1. The second kappa shape index (κ2) is 11.2. The van der Waals surface area contributed by atoms with Gasteiger partial charge in [0.1, 0.15) is 16.6 Å². The van der Waals surface area contributed by atoms with Crippen molar-refractivity contribution in [2.75, 3.05) is 26.2 Å². The molecule has 1 amide bonds. The first-order valence-corrected chi connectivity index (χ1v) is 13.1. The highest BCUT2D eigenvalue weighted by Gasteiger charge is 2.28. The average Bonchev–Trinajstić information content (AvgIpc) is 2.73. The van der Waals surface area contributed by atoms with Gasteiger partial charge in [0.25, 0.3) is 0 Å². The van der Waals surface area contributed by atoms with Gasteiger partial charge >= 0.3 is 6.09 Å². The molecule has 0 spiro atoms. The van der Waals surface area contributed by atoms with E-state index in [9.17, 15) is 9.00 Å². The molecule has 1 aromatic rings. The Kier molecular flexibility index (Phi) is 8.82. The van der Waals surface area contributed by atoms with E-state index in [-0.39, 0.29) is 6.09 Å². The third-order valence-electron chi connectivity index (χ3n) is 6.32. The highest BCUT2D eigenvalue weighted by molar-refractivity contribution is 7.82. The molecule has 174 valence electrons. The number of nitrogens with zero attached hydrogens (tertiary/aromatic N) is 2. The number of amides is 1. The maximum Gasteiger partial charge on any atom is 0.410 e. The van der Waals surface area contributed by atoms with Gasteiger partial charge in [-0.2, -0.15) is 0 Å². The Morgan fingerprint density at radius 3 is 2.13 bits per heavy atom. The Bertz CT molecular complexity index is 751. The molecule has 2 heterocycles. The third-order valence-corrected chi connectivity index (χ3v) is 8.33. The number of carbonyl (C=O) groups is 1. The molecule has 2 fully saturated rings. The van der Waals surface area contributed by atoms with Crippen molar-refractivity contribution in [2.24, 2.45) is 11.8 Å². The van der Waals surface area contributed by atoms with Crippen molar-refractivity contribution in [3.05, 3.63) is 29.3 Å². The summed E-state index contributed by atoms with van der Waals surface area (Å²) in [5, 5.41) is 0.584. The number of hydrogen-bond acceptors (Lipinski definition) is 3. The fraction of sp³-hybridized carbons (Fsp3) is 0.708. The Balaban J connectivity index is 1.32. The molecule has 0 radical (unpaired) electrons.